The van der Waals surface area contributed by atoms with E-state index in [1.54, 1.807) is 0 Å². The molecular weight excluding hydrogens is 119 g/mol. The van der Waals surface area contributed by atoms with Gasteiger partial charge in [-0.25, -0.2) is 0 Å². The Labute approximate surface area is 49.7 Å². The molecule has 0 amide bonds. The minimum absolute atomic E-state index is 0.314. The van der Waals surface area contributed by atoms with Crippen molar-refractivity contribution in [2.45, 2.75) is 19.3 Å². The van der Waals surface area contributed by atoms with Crippen molar-refractivity contribution in [3.05, 3.63) is 0 Å². The lowest BCUT2D eigenvalue weighted by atomic mass is 10.3. The predicted molar refractivity (Wildman–Crippen MR) is 36.3 cm³/mol. The molecule has 0 N–H and O–H groups in total. The molecule has 7 heavy (non-hydrogen) atoms. The maximum absolute atomic E-state index is 3.70. The minimum atomic E-state index is 0.314. The molecule has 1 heterocycles. The van der Waals surface area contributed by atoms with Crippen molar-refractivity contribution in [2.24, 2.45) is 0 Å². The van der Waals surface area contributed by atoms with E-state index in [4.69, 9.17) is 0 Å². The van der Waals surface area contributed by atoms with E-state index in [9.17, 15) is 0 Å². The van der Waals surface area contributed by atoms with E-state index in [1.807, 2.05) is 0 Å². The van der Waals surface area contributed by atoms with Crippen LogP contribution < -0.4 is 0 Å². The first kappa shape index (κ1) is 5.78. The van der Waals surface area contributed by atoms with E-state index in [-0.39, 0.29) is 0 Å². The molecule has 0 unspecified atom stereocenters. The molecule has 0 atom stereocenters. The van der Waals surface area contributed by atoms with Crippen LogP contribution in [0.15, 0.2) is 0 Å². The van der Waals surface area contributed by atoms with Gasteiger partial charge < -0.3 is 0 Å². The Morgan fingerprint density at radius 1 is 1.00 bits per heavy atom. The van der Waals surface area contributed by atoms with E-state index in [1.165, 1.54) is 31.6 Å². The first-order valence-corrected chi connectivity index (χ1v) is 5.91. The lowest BCUT2D eigenvalue weighted by molar-refractivity contribution is 0.757. The van der Waals surface area contributed by atoms with Crippen molar-refractivity contribution in [3.8, 4) is 0 Å². The molecule has 2 heteroatoms. The summed E-state index contributed by atoms with van der Waals surface area (Å²) in [7, 11) is 4.01. The molecule has 0 aromatic carbocycles. The van der Waals surface area contributed by atoms with Gasteiger partial charge in [0, 0.05) is 0 Å². The SMILES string of the molecule is [Si]P1CCCCC1. The molecule has 1 rings (SSSR count). The first-order valence-electron chi connectivity index (χ1n) is 2.86. The third kappa shape index (κ3) is 1.92. The molecule has 0 aromatic heterocycles. The molecule has 1 aliphatic heterocycles. The van der Waals surface area contributed by atoms with E-state index < -0.39 is 0 Å². The van der Waals surface area contributed by atoms with E-state index >= 15 is 0 Å². The van der Waals surface area contributed by atoms with Crippen LogP contribution in [0, 0.1) is 0 Å². The molecule has 39 valence electrons. The lowest BCUT2D eigenvalue weighted by Gasteiger charge is -2.16. The molecule has 0 aromatic rings. The van der Waals surface area contributed by atoms with Crippen LogP contribution in [-0.2, 0) is 0 Å². The van der Waals surface area contributed by atoms with Crippen molar-refractivity contribution in [2.75, 3.05) is 12.3 Å². The standard InChI is InChI=1S/C5H10PSi/c7-6-4-2-1-3-5-6/h1-5H2. The maximum atomic E-state index is 3.70. The van der Waals surface area contributed by atoms with Gasteiger partial charge in [-0.1, -0.05) is 6.42 Å². The fourth-order valence-corrected chi connectivity index (χ4v) is 3.28. The summed E-state index contributed by atoms with van der Waals surface area (Å²) in [4.78, 5) is 0. The fraction of sp³-hybridized carbons (Fsp3) is 1.00. The lowest BCUT2D eigenvalue weighted by Crippen LogP contribution is -1.97. The highest BCUT2D eigenvalue weighted by Crippen LogP contribution is 2.35. The van der Waals surface area contributed by atoms with Gasteiger partial charge in [-0.2, -0.15) is 0 Å². The number of hydrogen-bond donors (Lipinski definition) is 0. The Morgan fingerprint density at radius 2 is 1.57 bits per heavy atom. The van der Waals surface area contributed by atoms with Gasteiger partial charge in [0.15, 0.2) is 0 Å². The van der Waals surface area contributed by atoms with Crippen LogP contribution in [0.4, 0.5) is 0 Å². The molecule has 1 fully saturated rings. The number of hydrogen-bond acceptors (Lipinski definition) is 0. The molecule has 0 spiro atoms. The zero-order valence-corrected chi connectivity index (χ0v) is 6.38. The summed E-state index contributed by atoms with van der Waals surface area (Å²) in [6, 6.07) is 0. The molecule has 1 aliphatic rings. The Bertz CT molecular complexity index is 50.0. The second-order valence-corrected chi connectivity index (χ2v) is 5.92. The summed E-state index contributed by atoms with van der Waals surface area (Å²) >= 11 is 0. The topological polar surface area (TPSA) is 0 Å². The predicted octanol–water partition coefficient (Wildman–Crippen LogP) is 1.74. The summed E-state index contributed by atoms with van der Waals surface area (Å²) in [5.41, 5.74) is 0. The third-order valence-corrected chi connectivity index (χ3v) is 4.41. The van der Waals surface area contributed by atoms with Crippen molar-refractivity contribution in [3.63, 3.8) is 0 Å². The van der Waals surface area contributed by atoms with Gasteiger partial charge in [-0.15, -0.1) is 7.47 Å². The third-order valence-electron chi connectivity index (χ3n) is 1.36. The Balaban J connectivity index is 2.12. The average molecular weight is 129 g/mol. The van der Waals surface area contributed by atoms with Crippen LogP contribution in [0.1, 0.15) is 19.3 Å². The smallest absolute Gasteiger partial charge is 0.0655 e. The van der Waals surface area contributed by atoms with Crippen LogP contribution in [0.25, 0.3) is 0 Å². The van der Waals surface area contributed by atoms with Crippen molar-refractivity contribution in [1.29, 1.82) is 0 Å². The Kier molecular flexibility index (Phi) is 2.34. The van der Waals surface area contributed by atoms with Gasteiger partial charge in [0.2, 0.25) is 0 Å². The highest BCUT2D eigenvalue weighted by molar-refractivity contribution is 7.82. The van der Waals surface area contributed by atoms with Gasteiger partial charge in [0.1, 0.15) is 0 Å². The highest BCUT2D eigenvalue weighted by Gasteiger charge is 2.05. The normalized spacial score (nSPS) is 25.3. The molecular formula is C5H10PSi. The number of rotatable bonds is 0. The van der Waals surface area contributed by atoms with Gasteiger partial charge in [0.05, 0.1) is 9.91 Å². The molecule has 3 radical (unpaired) electrons. The molecule has 0 bridgehead atoms. The minimum Gasteiger partial charge on any atom is -0.126 e. The second-order valence-electron chi connectivity index (χ2n) is 2.05. The Hall–Kier alpha value is 0.647. The highest BCUT2D eigenvalue weighted by atomic mass is 31.4. The van der Waals surface area contributed by atoms with E-state index in [0.717, 1.165) is 0 Å². The summed E-state index contributed by atoms with van der Waals surface area (Å²) in [5.74, 6) is 0. The largest absolute Gasteiger partial charge is 0.126 e. The quantitative estimate of drug-likeness (QED) is 0.345. The summed E-state index contributed by atoms with van der Waals surface area (Å²) in [5, 5.41) is 0. The fourth-order valence-electron chi connectivity index (χ4n) is 0.894. The monoisotopic (exact) mass is 129 g/mol. The van der Waals surface area contributed by atoms with Crippen molar-refractivity contribution < 1.29 is 0 Å². The van der Waals surface area contributed by atoms with Gasteiger partial charge in [0.25, 0.3) is 0 Å². The van der Waals surface area contributed by atoms with Crippen molar-refractivity contribution >= 4 is 17.4 Å². The van der Waals surface area contributed by atoms with Crippen LogP contribution in [0.2, 0.25) is 0 Å². The summed E-state index contributed by atoms with van der Waals surface area (Å²) in [6.45, 7) is 0. The molecule has 0 aliphatic carbocycles. The van der Waals surface area contributed by atoms with Crippen LogP contribution >= 0.6 is 7.47 Å². The summed E-state index contributed by atoms with van der Waals surface area (Å²) < 4.78 is 0. The van der Waals surface area contributed by atoms with Crippen LogP contribution in [0.3, 0.4) is 0 Å². The van der Waals surface area contributed by atoms with Crippen LogP contribution in [0.5, 0.6) is 0 Å². The van der Waals surface area contributed by atoms with Gasteiger partial charge >= 0.3 is 0 Å². The van der Waals surface area contributed by atoms with E-state index in [2.05, 4.69) is 9.91 Å². The van der Waals surface area contributed by atoms with Gasteiger partial charge in [-0.05, 0) is 25.2 Å². The summed E-state index contributed by atoms with van der Waals surface area (Å²) in [6.07, 6.45) is 7.34. The molecule has 1 saturated heterocycles. The zero-order chi connectivity index (χ0) is 5.11. The first-order chi connectivity index (χ1) is 3.39. The zero-order valence-electron chi connectivity index (χ0n) is 4.48. The van der Waals surface area contributed by atoms with Gasteiger partial charge in [-0.3, -0.25) is 0 Å². The molecule has 0 nitrogen and oxygen atoms in total. The van der Waals surface area contributed by atoms with Crippen molar-refractivity contribution in [1.82, 2.24) is 0 Å². The molecule has 0 saturated carbocycles. The van der Waals surface area contributed by atoms with E-state index in [0.29, 0.717) is 7.47 Å². The average Bonchev–Trinajstić information content (AvgIpc) is 1.69. The second kappa shape index (κ2) is 2.83. The van der Waals surface area contributed by atoms with Crippen LogP contribution in [-0.4, -0.2) is 22.2 Å². The Morgan fingerprint density at radius 3 is 1.86 bits per heavy atom. The maximum Gasteiger partial charge on any atom is 0.0655 e.